The van der Waals surface area contributed by atoms with E-state index in [4.69, 9.17) is 15.1 Å². The van der Waals surface area contributed by atoms with Gasteiger partial charge in [0.15, 0.2) is 0 Å². The lowest BCUT2D eigenvalue weighted by Crippen LogP contribution is -1.97. The van der Waals surface area contributed by atoms with Gasteiger partial charge >= 0.3 is 0 Å². The van der Waals surface area contributed by atoms with Gasteiger partial charge in [-0.3, -0.25) is 0 Å². The molecule has 104 valence electrons. The third-order valence-corrected chi connectivity index (χ3v) is 3.03. The van der Waals surface area contributed by atoms with Crippen LogP contribution in [0.25, 0.3) is 0 Å². The fraction of sp³-hybridized carbons (Fsp3) is 0.188. The summed E-state index contributed by atoms with van der Waals surface area (Å²) in [6, 6.07) is 15.0. The smallest absolute Gasteiger partial charge is 0.119 e. The Balaban J connectivity index is 1.96. The second-order valence-electron chi connectivity index (χ2n) is 4.47. The Labute approximate surface area is 117 Å². The molecular formula is C16H17NO3. The van der Waals surface area contributed by atoms with Crippen molar-refractivity contribution in [2.45, 2.75) is 20.1 Å². The summed E-state index contributed by atoms with van der Waals surface area (Å²) in [5.74, 6) is 0.755. The topological polar surface area (TPSA) is 62.1 Å². The van der Waals surface area contributed by atoms with Crippen LogP contribution in [-0.4, -0.2) is 16.0 Å². The maximum atomic E-state index is 8.97. The molecular weight excluding hydrogens is 254 g/mol. The molecule has 0 heterocycles. The first-order valence-corrected chi connectivity index (χ1v) is 6.33. The first-order chi connectivity index (χ1) is 9.72. The van der Waals surface area contributed by atoms with Crippen molar-refractivity contribution in [3.05, 3.63) is 65.2 Å². The summed E-state index contributed by atoms with van der Waals surface area (Å²) in [4.78, 5) is 0. The quantitative estimate of drug-likeness (QED) is 0.499. The Bertz CT molecular complexity index is 574. The molecule has 0 amide bonds. The summed E-state index contributed by atoms with van der Waals surface area (Å²) in [5.41, 5.74) is 3.35. The zero-order chi connectivity index (χ0) is 14.4. The maximum Gasteiger partial charge on any atom is 0.119 e. The average molecular weight is 271 g/mol. The Morgan fingerprint density at radius 3 is 2.15 bits per heavy atom. The van der Waals surface area contributed by atoms with Gasteiger partial charge in [0.2, 0.25) is 0 Å². The van der Waals surface area contributed by atoms with Crippen molar-refractivity contribution in [1.29, 1.82) is 0 Å². The van der Waals surface area contributed by atoms with Crippen LogP contribution in [-0.2, 0) is 13.2 Å². The highest BCUT2D eigenvalue weighted by molar-refractivity contribution is 5.98. The first kappa shape index (κ1) is 14.1. The molecule has 0 fully saturated rings. The molecule has 0 aliphatic carbocycles. The van der Waals surface area contributed by atoms with Crippen LogP contribution >= 0.6 is 0 Å². The number of aliphatic hydroxyl groups is 1. The van der Waals surface area contributed by atoms with Crippen LogP contribution in [0.1, 0.15) is 23.6 Å². The molecule has 0 unspecified atom stereocenters. The monoisotopic (exact) mass is 271 g/mol. The lowest BCUT2D eigenvalue weighted by molar-refractivity contribution is 0.281. The van der Waals surface area contributed by atoms with E-state index < -0.39 is 0 Å². The number of nitrogens with zero attached hydrogens (tertiary/aromatic N) is 1. The van der Waals surface area contributed by atoms with Gasteiger partial charge in [-0.05, 0) is 47.9 Å². The normalized spacial score (nSPS) is 11.4. The van der Waals surface area contributed by atoms with Crippen LogP contribution in [0.3, 0.4) is 0 Å². The third-order valence-electron chi connectivity index (χ3n) is 3.03. The Morgan fingerprint density at radius 2 is 1.60 bits per heavy atom. The standard InChI is InChI=1S/C16H17NO3/c1-12(17-19)15-6-8-16(9-7-15)20-11-14-4-2-13(10-18)3-5-14/h2-9,18-19H,10-11H2,1H3/b17-12-. The zero-order valence-corrected chi connectivity index (χ0v) is 11.3. The number of aliphatic hydroxyl groups excluding tert-OH is 1. The molecule has 0 aromatic heterocycles. The van der Waals surface area contributed by atoms with Crippen LogP contribution in [0.15, 0.2) is 53.7 Å². The molecule has 20 heavy (non-hydrogen) atoms. The number of hydrogen-bond donors (Lipinski definition) is 2. The summed E-state index contributed by atoms with van der Waals surface area (Å²) >= 11 is 0. The van der Waals surface area contributed by atoms with Gasteiger partial charge in [-0.15, -0.1) is 0 Å². The molecule has 4 nitrogen and oxygen atoms in total. The number of hydrogen-bond acceptors (Lipinski definition) is 4. The zero-order valence-electron chi connectivity index (χ0n) is 11.3. The molecule has 4 heteroatoms. The van der Waals surface area contributed by atoms with E-state index >= 15 is 0 Å². The lowest BCUT2D eigenvalue weighted by Gasteiger charge is -2.07. The van der Waals surface area contributed by atoms with Crippen molar-refractivity contribution in [3.63, 3.8) is 0 Å². The number of ether oxygens (including phenoxy) is 1. The highest BCUT2D eigenvalue weighted by Gasteiger charge is 2.00. The molecule has 0 saturated heterocycles. The largest absolute Gasteiger partial charge is 0.489 e. The molecule has 0 aliphatic rings. The minimum atomic E-state index is 0.0500. The van der Waals surface area contributed by atoms with E-state index in [0.717, 1.165) is 22.4 Å². The van der Waals surface area contributed by atoms with Crippen molar-refractivity contribution in [2.24, 2.45) is 5.16 Å². The molecule has 0 spiro atoms. The Kier molecular flexibility index (Phi) is 4.74. The van der Waals surface area contributed by atoms with Crippen molar-refractivity contribution in [2.75, 3.05) is 0 Å². The van der Waals surface area contributed by atoms with E-state index in [1.165, 1.54) is 0 Å². The Morgan fingerprint density at radius 1 is 1.00 bits per heavy atom. The van der Waals surface area contributed by atoms with Gasteiger partial charge in [0.05, 0.1) is 12.3 Å². The lowest BCUT2D eigenvalue weighted by atomic mass is 10.1. The second kappa shape index (κ2) is 6.73. The van der Waals surface area contributed by atoms with Gasteiger partial charge in [-0.25, -0.2) is 0 Å². The molecule has 2 N–H and O–H groups in total. The fourth-order valence-corrected chi connectivity index (χ4v) is 1.76. The molecule has 0 saturated carbocycles. The van der Waals surface area contributed by atoms with Gasteiger partial charge < -0.3 is 15.1 Å². The van der Waals surface area contributed by atoms with E-state index in [9.17, 15) is 0 Å². The van der Waals surface area contributed by atoms with E-state index in [0.29, 0.717) is 12.3 Å². The molecule has 2 aromatic carbocycles. The van der Waals surface area contributed by atoms with Crippen molar-refractivity contribution >= 4 is 5.71 Å². The average Bonchev–Trinajstić information content (AvgIpc) is 2.53. The highest BCUT2D eigenvalue weighted by Crippen LogP contribution is 2.15. The number of rotatable bonds is 5. The summed E-state index contributed by atoms with van der Waals surface area (Å²) in [5, 5.41) is 20.8. The third kappa shape index (κ3) is 3.59. The van der Waals surface area contributed by atoms with E-state index in [1.807, 2.05) is 48.5 Å². The van der Waals surface area contributed by atoms with Gasteiger partial charge in [-0.2, -0.15) is 0 Å². The van der Waals surface area contributed by atoms with Crippen LogP contribution in [0.5, 0.6) is 5.75 Å². The fourth-order valence-electron chi connectivity index (χ4n) is 1.76. The summed E-state index contributed by atoms with van der Waals surface area (Å²) in [6.07, 6.45) is 0. The van der Waals surface area contributed by atoms with Crippen LogP contribution in [0.4, 0.5) is 0 Å². The summed E-state index contributed by atoms with van der Waals surface area (Å²) < 4.78 is 5.67. The maximum absolute atomic E-state index is 8.97. The van der Waals surface area contributed by atoms with Gasteiger partial charge in [0.1, 0.15) is 12.4 Å². The van der Waals surface area contributed by atoms with Crippen molar-refractivity contribution in [1.82, 2.24) is 0 Å². The minimum Gasteiger partial charge on any atom is -0.489 e. The van der Waals surface area contributed by atoms with E-state index in [1.54, 1.807) is 6.92 Å². The van der Waals surface area contributed by atoms with Gasteiger partial charge in [-0.1, -0.05) is 29.4 Å². The van der Waals surface area contributed by atoms with Crippen LogP contribution in [0.2, 0.25) is 0 Å². The predicted octanol–water partition coefficient (Wildman–Crippen LogP) is 2.96. The highest BCUT2D eigenvalue weighted by atomic mass is 16.5. The van der Waals surface area contributed by atoms with Crippen molar-refractivity contribution in [3.8, 4) is 5.75 Å². The van der Waals surface area contributed by atoms with Crippen molar-refractivity contribution < 1.29 is 15.1 Å². The van der Waals surface area contributed by atoms with Gasteiger partial charge in [0.25, 0.3) is 0 Å². The second-order valence-corrected chi connectivity index (χ2v) is 4.47. The Hall–Kier alpha value is -2.33. The SMILES string of the molecule is C/C(=N/O)c1ccc(OCc2ccc(CO)cc2)cc1. The molecule has 0 radical (unpaired) electrons. The van der Waals surface area contributed by atoms with E-state index in [-0.39, 0.29) is 6.61 Å². The molecule has 0 bridgehead atoms. The molecule has 2 aromatic rings. The predicted molar refractivity (Wildman–Crippen MR) is 77.1 cm³/mol. The van der Waals surface area contributed by atoms with Crippen LogP contribution in [0, 0.1) is 0 Å². The number of oxime groups is 1. The first-order valence-electron chi connectivity index (χ1n) is 6.33. The number of benzene rings is 2. The molecule has 0 atom stereocenters. The van der Waals surface area contributed by atoms with E-state index in [2.05, 4.69) is 5.16 Å². The summed E-state index contributed by atoms with van der Waals surface area (Å²) in [6.45, 7) is 2.26. The molecule has 2 rings (SSSR count). The molecule has 0 aliphatic heterocycles. The van der Waals surface area contributed by atoms with Crippen LogP contribution < -0.4 is 4.74 Å². The minimum absolute atomic E-state index is 0.0500. The summed E-state index contributed by atoms with van der Waals surface area (Å²) in [7, 11) is 0. The van der Waals surface area contributed by atoms with Gasteiger partial charge in [0, 0.05) is 0 Å².